The highest BCUT2D eigenvalue weighted by atomic mass is 79.9. The minimum absolute atomic E-state index is 0.475. The van der Waals surface area contributed by atoms with E-state index in [0.717, 1.165) is 21.8 Å². The first-order valence-electron chi connectivity index (χ1n) is 6.34. The van der Waals surface area contributed by atoms with E-state index in [1.165, 1.54) is 11.6 Å². The highest BCUT2D eigenvalue weighted by Gasteiger charge is 2.03. The van der Waals surface area contributed by atoms with Gasteiger partial charge >= 0.3 is 0 Å². The van der Waals surface area contributed by atoms with Crippen molar-refractivity contribution in [3.05, 3.63) is 79.9 Å². The molecule has 0 N–H and O–H groups in total. The van der Waals surface area contributed by atoms with Crippen molar-refractivity contribution in [3.8, 4) is 5.75 Å². The van der Waals surface area contributed by atoms with E-state index >= 15 is 0 Å². The van der Waals surface area contributed by atoms with Crippen LogP contribution in [0.15, 0.2) is 53.1 Å². The van der Waals surface area contributed by atoms with E-state index in [2.05, 4.69) is 15.9 Å². The lowest BCUT2D eigenvalue weighted by Crippen LogP contribution is -1.96. The number of halogens is 1. The fourth-order valence-corrected chi connectivity index (χ4v) is 2.24. The summed E-state index contributed by atoms with van der Waals surface area (Å²) in [5.41, 5.74) is 3.04. The zero-order valence-corrected chi connectivity index (χ0v) is 13.0. The van der Waals surface area contributed by atoms with Gasteiger partial charge in [0.05, 0.1) is 9.40 Å². The van der Waals surface area contributed by atoms with E-state index in [0.29, 0.717) is 12.4 Å². The van der Waals surface area contributed by atoms with E-state index in [-0.39, 0.29) is 0 Å². The smallest absolute Gasteiger partial charge is 0.235 e. The fraction of sp³-hybridized carbons (Fsp3) is 0.125. The first-order chi connectivity index (χ1) is 10.0. The monoisotopic (exact) mass is 347 g/mol. The lowest BCUT2D eigenvalue weighted by Gasteiger charge is -2.09. The summed E-state index contributed by atoms with van der Waals surface area (Å²) >= 11 is 3.41. The molecule has 0 radical (unpaired) electrons. The number of rotatable bonds is 5. The van der Waals surface area contributed by atoms with Gasteiger partial charge in [0.1, 0.15) is 12.4 Å². The Morgan fingerprint density at radius 2 is 1.95 bits per heavy atom. The molecule has 0 bridgehead atoms. The average molecular weight is 348 g/mol. The molecule has 4 nitrogen and oxygen atoms in total. The van der Waals surface area contributed by atoms with E-state index in [9.17, 15) is 10.1 Å². The van der Waals surface area contributed by atoms with Gasteiger partial charge in [0.2, 0.25) is 6.20 Å². The second-order valence-electron chi connectivity index (χ2n) is 4.57. The lowest BCUT2D eigenvalue weighted by molar-refractivity contribution is -0.400. The summed E-state index contributed by atoms with van der Waals surface area (Å²) in [6, 6.07) is 13.5. The maximum absolute atomic E-state index is 10.3. The average Bonchev–Trinajstić information content (AvgIpc) is 2.46. The van der Waals surface area contributed by atoms with Crippen LogP contribution in [0, 0.1) is 17.0 Å². The molecule has 0 unspecified atom stereocenters. The van der Waals surface area contributed by atoms with Crippen molar-refractivity contribution in [3.63, 3.8) is 0 Å². The van der Waals surface area contributed by atoms with E-state index in [4.69, 9.17) is 4.74 Å². The minimum atomic E-state index is -0.490. The molecule has 0 heterocycles. The maximum Gasteiger partial charge on any atom is 0.235 e. The maximum atomic E-state index is 10.3. The van der Waals surface area contributed by atoms with Crippen LogP contribution in [-0.2, 0) is 6.61 Å². The van der Waals surface area contributed by atoms with Gasteiger partial charge < -0.3 is 4.74 Å². The molecule has 0 spiro atoms. The zero-order valence-electron chi connectivity index (χ0n) is 11.5. The van der Waals surface area contributed by atoms with Gasteiger partial charge in [-0.15, -0.1) is 0 Å². The molecular formula is C16H14BrNO3. The Hall–Kier alpha value is -2.14. The Kier molecular flexibility index (Phi) is 5.11. The molecule has 108 valence electrons. The molecule has 0 fully saturated rings. The molecule has 0 aliphatic heterocycles. The highest BCUT2D eigenvalue weighted by molar-refractivity contribution is 9.10. The van der Waals surface area contributed by atoms with Crippen molar-refractivity contribution in [2.75, 3.05) is 0 Å². The number of nitrogens with zero attached hydrogens (tertiary/aromatic N) is 1. The van der Waals surface area contributed by atoms with Gasteiger partial charge in [0.25, 0.3) is 0 Å². The Labute approximate surface area is 131 Å². The second-order valence-corrected chi connectivity index (χ2v) is 5.42. The highest BCUT2D eigenvalue weighted by Crippen LogP contribution is 2.27. The van der Waals surface area contributed by atoms with Crippen LogP contribution in [0.3, 0.4) is 0 Å². The quantitative estimate of drug-likeness (QED) is 0.587. The molecule has 21 heavy (non-hydrogen) atoms. The van der Waals surface area contributed by atoms with Crippen LogP contribution in [-0.4, -0.2) is 4.92 Å². The van der Waals surface area contributed by atoms with Crippen molar-refractivity contribution in [1.29, 1.82) is 0 Å². The minimum Gasteiger partial charge on any atom is -0.488 e. The predicted octanol–water partition coefficient (Wildman–Crippen LogP) is 4.58. The molecule has 0 aliphatic rings. The van der Waals surface area contributed by atoms with Crippen molar-refractivity contribution < 1.29 is 9.66 Å². The molecule has 2 rings (SSSR count). The molecule has 0 aliphatic carbocycles. The summed E-state index contributed by atoms with van der Waals surface area (Å²) in [6.45, 7) is 2.52. The summed E-state index contributed by atoms with van der Waals surface area (Å²) in [4.78, 5) is 9.80. The van der Waals surface area contributed by atoms with Crippen LogP contribution in [0.4, 0.5) is 0 Å². The van der Waals surface area contributed by atoms with Crippen molar-refractivity contribution in [2.45, 2.75) is 13.5 Å². The predicted molar refractivity (Wildman–Crippen MR) is 85.7 cm³/mol. The van der Waals surface area contributed by atoms with Gasteiger partial charge in [-0.05, 0) is 46.1 Å². The Balaban J connectivity index is 2.04. The van der Waals surface area contributed by atoms with Crippen LogP contribution in [0.2, 0.25) is 0 Å². The summed E-state index contributed by atoms with van der Waals surface area (Å²) < 4.78 is 6.50. The number of benzene rings is 2. The zero-order chi connectivity index (χ0) is 15.2. The summed E-state index contributed by atoms with van der Waals surface area (Å²) in [7, 11) is 0. The van der Waals surface area contributed by atoms with Gasteiger partial charge in [-0.2, -0.15) is 0 Å². The van der Waals surface area contributed by atoms with Gasteiger partial charge in [-0.3, -0.25) is 10.1 Å². The second kappa shape index (κ2) is 7.04. The van der Waals surface area contributed by atoms with Crippen molar-refractivity contribution >= 4 is 22.0 Å². The van der Waals surface area contributed by atoms with Crippen LogP contribution in [0.5, 0.6) is 5.75 Å². The SMILES string of the molecule is Cc1ccc(COc2ccc(C=C[N+](=O)[O-])cc2Br)cc1. The van der Waals surface area contributed by atoms with Crippen molar-refractivity contribution in [1.82, 2.24) is 0 Å². The van der Waals surface area contributed by atoms with Crippen LogP contribution in [0.1, 0.15) is 16.7 Å². The summed E-state index contributed by atoms with van der Waals surface area (Å²) in [6.07, 6.45) is 2.35. The van der Waals surface area contributed by atoms with Crippen molar-refractivity contribution in [2.24, 2.45) is 0 Å². The number of ether oxygens (including phenoxy) is 1. The van der Waals surface area contributed by atoms with Crippen LogP contribution < -0.4 is 4.74 Å². The van der Waals surface area contributed by atoms with Crippen LogP contribution in [0.25, 0.3) is 6.08 Å². The molecule has 0 saturated carbocycles. The van der Waals surface area contributed by atoms with Gasteiger partial charge in [0.15, 0.2) is 0 Å². The third-order valence-electron chi connectivity index (χ3n) is 2.86. The topological polar surface area (TPSA) is 52.4 Å². The first kappa shape index (κ1) is 15.3. The normalized spacial score (nSPS) is 10.8. The largest absolute Gasteiger partial charge is 0.488 e. The summed E-state index contributed by atoms with van der Waals surface area (Å²) in [5.74, 6) is 0.703. The van der Waals surface area contributed by atoms with E-state index in [1.807, 2.05) is 31.2 Å². The third kappa shape index (κ3) is 4.72. The Morgan fingerprint density at radius 1 is 1.24 bits per heavy atom. The van der Waals surface area contributed by atoms with Gasteiger partial charge in [0, 0.05) is 6.08 Å². The molecule has 2 aromatic rings. The molecule has 0 saturated heterocycles. The number of nitro groups is 1. The lowest BCUT2D eigenvalue weighted by atomic mass is 10.2. The van der Waals surface area contributed by atoms with Gasteiger partial charge in [-0.1, -0.05) is 35.9 Å². The first-order valence-corrected chi connectivity index (χ1v) is 7.13. The molecule has 2 aromatic carbocycles. The molecular weight excluding hydrogens is 334 g/mol. The molecule has 0 atom stereocenters. The Morgan fingerprint density at radius 3 is 2.57 bits per heavy atom. The van der Waals surface area contributed by atoms with Crippen LogP contribution >= 0.6 is 15.9 Å². The standard InChI is InChI=1S/C16H14BrNO3/c1-12-2-4-14(5-3-12)11-21-16-7-6-13(10-15(16)17)8-9-18(19)20/h2-10H,11H2,1H3. The number of hydrogen-bond donors (Lipinski definition) is 0. The van der Waals surface area contributed by atoms with E-state index in [1.54, 1.807) is 18.2 Å². The summed E-state index contributed by atoms with van der Waals surface area (Å²) in [5, 5.41) is 10.3. The van der Waals surface area contributed by atoms with E-state index < -0.39 is 4.92 Å². The number of aryl methyl sites for hydroxylation is 1. The molecule has 5 heteroatoms. The molecule has 0 aromatic heterocycles. The molecule has 0 amide bonds. The number of hydrogen-bond acceptors (Lipinski definition) is 3. The Bertz CT molecular complexity index is 666. The third-order valence-corrected chi connectivity index (χ3v) is 3.48. The van der Waals surface area contributed by atoms with Gasteiger partial charge in [-0.25, -0.2) is 0 Å². The fourth-order valence-electron chi connectivity index (χ4n) is 1.73.